The Balaban J connectivity index is 2.16. The number of sulfonamides is 1. The molecule has 13 heteroatoms. The standard InChI is InChI=1S/C28H31ClN4O7S/c1-18-6-9-21(10-7-18)16-31(20(3)28(35)30-4)27(34)17-32(25-14-22(29)11-13-26(25)40-5)41(38,39)23-12-8-19(2)24(15-23)33(36)37/h6-15,20H,16-17H2,1-5H3,(H,30,35)/t20-/m0/s1. The second-order valence-corrected chi connectivity index (χ2v) is 11.6. The lowest BCUT2D eigenvalue weighted by atomic mass is 10.1. The van der Waals surface area contributed by atoms with Gasteiger partial charge in [0.05, 0.1) is 22.6 Å². The van der Waals surface area contributed by atoms with Crippen molar-refractivity contribution in [3.63, 3.8) is 0 Å². The summed E-state index contributed by atoms with van der Waals surface area (Å²) in [7, 11) is -1.83. The van der Waals surface area contributed by atoms with E-state index in [1.54, 1.807) is 0 Å². The van der Waals surface area contributed by atoms with Gasteiger partial charge in [0.25, 0.3) is 15.7 Å². The summed E-state index contributed by atoms with van der Waals surface area (Å²) in [5.74, 6) is -1.06. The molecule has 11 nitrogen and oxygen atoms in total. The number of aryl methyl sites for hydroxylation is 2. The molecule has 3 rings (SSSR count). The van der Waals surface area contributed by atoms with E-state index in [4.69, 9.17) is 16.3 Å². The zero-order valence-corrected chi connectivity index (χ0v) is 24.8. The zero-order valence-electron chi connectivity index (χ0n) is 23.3. The predicted octanol–water partition coefficient (Wildman–Crippen LogP) is 4.23. The fourth-order valence-electron chi connectivity index (χ4n) is 4.13. The van der Waals surface area contributed by atoms with Crippen molar-refractivity contribution in [3.05, 3.63) is 92.5 Å². The van der Waals surface area contributed by atoms with Gasteiger partial charge in [-0.15, -0.1) is 0 Å². The Morgan fingerprint density at radius 1 is 1.07 bits per heavy atom. The molecule has 0 aromatic heterocycles. The molecular weight excluding hydrogens is 572 g/mol. The number of hydrogen-bond donors (Lipinski definition) is 1. The Labute approximate surface area is 243 Å². The van der Waals surface area contributed by atoms with Gasteiger partial charge in [0.15, 0.2) is 0 Å². The quantitative estimate of drug-likeness (QED) is 0.256. The summed E-state index contributed by atoms with van der Waals surface area (Å²) in [5.41, 5.74) is 1.54. The SMILES string of the molecule is CNC(=O)[C@H](C)N(Cc1ccc(C)cc1)C(=O)CN(c1cc(Cl)ccc1OC)S(=O)(=O)c1ccc(C)c([N+](=O)[O-])c1. The first-order valence-corrected chi connectivity index (χ1v) is 14.3. The fraction of sp³-hybridized carbons (Fsp3) is 0.286. The van der Waals surface area contributed by atoms with Crippen LogP contribution in [0.2, 0.25) is 5.02 Å². The van der Waals surface area contributed by atoms with Crippen molar-refractivity contribution in [1.82, 2.24) is 10.2 Å². The van der Waals surface area contributed by atoms with Crippen molar-refractivity contribution >= 4 is 44.8 Å². The van der Waals surface area contributed by atoms with Crippen LogP contribution in [0.1, 0.15) is 23.6 Å². The van der Waals surface area contributed by atoms with E-state index in [0.29, 0.717) is 0 Å². The number of benzene rings is 3. The van der Waals surface area contributed by atoms with Gasteiger partial charge in [0.1, 0.15) is 18.3 Å². The number of nitro benzene ring substituents is 1. The van der Waals surface area contributed by atoms with E-state index in [1.807, 2.05) is 31.2 Å². The first-order chi connectivity index (χ1) is 19.3. The molecule has 0 radical (unpaired) electrons. The van der Waals surface area contributed by atoms with Gasteiger partial charge in [0.2, 0.25) is 11.8 Å². The highest BCUT2D eigenvalue weighted by Gasteiger charge is 2.34. The van der Waals surface area contributed by atoms with Crippen LogP contribution in [0.25, 0.3) is 0 Å². The number of hydrogen-bond acceptors (Lipinski definition) is 7. The molecule has 2 amide bonds. The van der Waals surface area contributed by atoms with Crippen LogP contribution in [0.5, 0.6) is 5.75 Å². The van der Waals surface area contributed by atoms with Crippen molar-refractivity contribution in [2.75, 3.05) is 25.0 Å². The summed E-state index contributed by atoms with van der Waals surface area (Å²) in [6.07, 6.45) is 0. The maximum absolute atomic E-state index is 14.1. The van der Waals surface area contributed by atoms with Gasteiger partial charge in [-0.3, -0.25) is 24.0 Å². The second kappa shape index (κ2) is 13.0. The zero-order chi connectivity index (χ0) is 30.5. The number of ether oxygens (including phenoxy) is 1. The largest absolute Gasteiger partial charge is 0.495 e. The number of anilines is 1. The fourth-order valence-corrected chi connectivity index (χ4v) is 5.73. The molecule has 3 aromatic carbocycles. The lowest BCUT2D eigenvalue weighted by molar-refractivity contribution is -0.385. The van der Waals surface area contributed by atoms with Gasteiger partial charge in [-0.05, 0) is 50.6 Å². The number of carbonyl (C=O) groups is 2. The molecule has 0 saturated carbocycles. The molecule has 0 aliphatic heterocycles. The smallest absolute Gasteiger partial charge is 0.273 e. The summed E-state index contributed by atoms with van der Waals surface area (Å²) in [5, 5.41) is 14.3. The molecule has 0 aliphatic carbocycles. The molecule has 0 bridgehead atoms. The third-order valence-electron chi connectivity index (χ3n) is 6.54. The predicted molar refractivity (Wildman–Crippen MR) is 156 cm³/mol. The summed E-state index contributed by atoms with van der Waals surface area (Å²) >= 11 is 6.22. The molecule has 1 N–H and O–H groups in total. The third-order valence-corrected chi connectivity index (χ3v) is 8.53. The van der Waals surface area contributed by atoms with Crippen molar-refractivity contribution in [2.45, 2.75) is 38.3 Å². The van der Waals surface area contributed by atoms with Crippen molar-refractivity contribution in [3.8, 4) is 5.75 Å². The average molecular weight is 603 g/mol. The minimum absolute atomic E-state index is 0.0181. The lowest BCUT2D eigenvalue weighted by Crippen LogP contribution is -2.50. The number of carbonyl (C=O) groups excluding carboxylic acids is 2. The monoisotopic (exact) mass is 602 g/mol. The van der Waals surface area contributed by atoms with Crippen LogP contribution >= 0.6 is 11.6 Å². The topological polar surface area (TPSA) is 139 Å². The van der Waals surface area contributed by atoms with Crippen LogP contribution in [0, 0.1) is 24.0 Å². The number of nitrogens with zero attached hydrogens (tertiary/aromatic N) is 3. The number of rotatable bonds is 11. The third kappa shape index (κ3) is 7.14. The van der Waals surface area contributed by atoms with E-state index in [2.05, 4.69) is 5.32 Å². The van der Waals surface area contributed by atoms with Gasteiger partial charge in [0, 0.05) is 30.2 Å². The summed E-state index contributed by atoms with van der Waals surface area (Å²) in [6, 6.07) is 14.1. The molecule has 1 atom stereocenters. The number of amides is 2. The number of halogens is 1. The summed E-state index contributed by atoms with van der Waals surface area (Å²) in [6.45, 7) is 4.20. The van der Waals surface area contributed by atoms with Crippen LogP contribution in [0.3, 0.4) is 0 Å². The average Bonchev–Trinajstić information content (AvgIpc) is 2.94. The van der Waals surface area contributed by atoms with E-state index < -0.39 is 49.9 Å². The van der Waals surface area contributed by atoms with Gasteiger partial charge in [-0.1, -0.05) is 47.5 Å². The van der Waals surface area contributed by atoms with Crippen molar-refractivity contribution < 1.29 is 27.7 Å². The number of nitrogens with one attached hydrogen (secondary N) is 1. The highest BCUT2D eigenvalue weighted by Crippen LogP contribution is 2.36. The molecule has 0 aliphatic rings. The molecule has 0 unspecified atom stereocenters. The van der Waals surface area contributed by atoms with Crippen LogP contribution < -0.4 is 14.4 Å². The summed E-state index contributed by atoms with van der Waals surface area (Å²) < 4.78 is 34.3. The van der Waals surface area contributed by atoms with Crippen LogP contribution in [0.15, 0.2) is 65.6 Å². The van der Waals surface area contributed by atoms with Crippen molar-refractivity contribution in [2.24, 2.45) is 0 Å². The van der Waals surface area contributed by atoms with Gasteiger partial charge in [-0.2, -0.15) is 0 Å². The highest BCUT2D eigenvalue weighted by atomic mass is 35.5. The number of methoxy groups -OCH3 is 1. The van der Waals surface area contributed by atoms with Gasteiger partial charge in [-0.25, -0.2) is 8.42 Å². The first kappa shape index (κ1) is 31.4. The molecule has 218 valence electrons. The van der Waals surface area contributed by atoms with E-state index in [9.17, 15) is 28.1 Å². The Morgan fingerprint density at radius 2 is 1.73 bits per heavy atom. The highest BCUT2D eigenvalue weighted by molar-refractivity contribution is 7.92. The van der Waals surface area contributed by atoms with E-state index in [-0.39, 0.29) is 28.6 Å². The molecule has 0 fully saturated rings. The number of likely N-dealkylation sites (N-methyl/N-ethyl adjacent to an activating group) is 1. The molecule has 0 saturated heterocycles. The Morgan fingerprint density at radius 3 is 2.32 bits per heavy atom. The lowest BCUT2D eigenvalue weighted by Gasteiger charge is -2.32. The Kier molecular flexibility index (Phi) is 9.95. The van der Waals surface area contributed by atoms with Crippen LogP contribution in [-0.4, -0.2) is 56.8 Å². The maximum Gasteiger partial charge on any atom is 0.273 e. The number of nitro groups is 1. The molecular formula is C28H31ClN4O7S. The second-order valence-electron chi connectivity index (χ2n) is 9.33. The normalized spacial score (nSPS) is 11.9. The Hall–Kier alpha value is -4.16. The summed E-state index contributed by atoms with van der Waals surface area (Å²) in [4.78, 5) is 38.3. The molecule has 3 aromatic rings. The van der Waals surface area contributed by atoms with Gasteiger partial charge < -0.3 is 15.0 Å². The molecule has 41 heavy (non-hydrogen) atoms. The molecule has 0 heterocycles. The minimum atomic E-state index is -4.59. The van der Waals surface area contributed by atoms with E-state index in [0.717, 1.165) is 21.5 Å². The van der Waals surface area contributed by atoms with Crippen LogP contribution in [0.4, 0.5) is 11.4 Å². The van der Waals surface area contributed by atoms with Gasteiger partial charge >= 0.3 is 0 Å². The van der Waals surface area contributed by atoms with E-state index in [1.165, 1.54) is 63.2 Å². The molecule has 0 spiro atoms. The Bertz CT molecular complexity index is 1560. The minimum Gasteiger partial charge on any atom is -0.495 e. The maximum atomic E-state index is 14.1. The van der Waals surface area contributed by atoms with E-state index >= 15 is 0 Å². The van der Waals surface area contributed by atoms with Crippen LogP contribution in [-0.2, 0) is 26.2 Å². The first-order valence-electron chi connectivity index (χ1n) is 12.5. The van der Waals surface area contributed by atoms with Crippen molar-refractivity contribution in [1.29, 1.82) is 0 Å².